The van der Waals surface area contributed by atoms with Crippen LogP contribution >= 0.6 is 11.6 Å². The van der Waals surface area contributed by atoms with Gasteiger partial charge in [0, 0.05) is 24.2 Å². The van der Waals surface area contributed by atoms with Crippen molar-refractivity contribution in [3.63, 3.8) is 0 Å². The quantitative estimate of drug-likeness (QED) is 0.674. The minimum atomic E-state index is -3.79. The topological polar surface area (TPSA) is 75.7 Å². The molecule has 0 aromatic heterocycles. The molecule has 2 bridgehead atoms. The number of benzene rings is 1. The molecule has 0 radical (unpaired) electrons. The molecular weight excluding hydrogens is 448 g/mol. The number of sulfonamides is 1. The summed E-state index contributed by atoms with van der Waals surface area (Å²) in [4.78, 5) is 13.5. The zero-order valence-corrected chi connectivity index (χ0v) is 20.1. The summed E-state index contributed by atoms with van der Waals surface area (Å²) >= 11 is 6.11. The Labute approximate surface area is 195 Å². The molecule has 1 N–H and O–H groups in total. The molecule has 174 valence electrons. The number of carbonyl (C=O) groups is 1. The zero-order valence-electron chi connectivity index (χ0n) is 18.5. The first-order valence-electron chi connectivity index (χ1n) is 12.0. The van der Waals surface area contributed by atoms with Crippen molar-refractivity contribution in [2.45, 2.75) is 62.3 Å². The Bertz CT molecular complexity index is 1060. The number of halogens is 1. The van der Waals surface area contributed by atoms with Gasteiger partial charge in [-0.25, -0.2) is 8.42 Å². The second-order valence-electron chi connectivity index (χ2n) is 10.7. The normalized spacial score (nSPS) is 39.7. The van der Waals surface area contributed by atoms with Gasteiger partial charge in [0.1, 0.15) is 10.6 Å². The van der Waals surface area contributed by atoms with E-state index in [0.29, 0.717) is 23.9 Å². The SMILES string of the molecule is COc1ccc(Cl)cc1S(=O)(=O)N1CCCCC1CNC(=O)C12C[C@H]3CC4C[C@@H](C1)C32C4. The van der Waals surface area contributed by atoms with Crippen LogP contribution in [0.15, 0.2) is 23.1 Å². The predicted molar refractivity (Wildman–Crippen MR) is 121 cm³/mol. The minimum Gasteiger partial charge on any atom is -0.495 e. The van der Waals surface area contributed by atoms with Crippen molar-refractivity contribution >= 4 is 27.5 Å². The van der Waals surface area contributed by atoms with Crippen molar-refractivity contribution in [2.24, 2.45) is 28.6 Å². The van der Waals surface area contributed by atoms with Crippen molar-refractivity contribution < 1.29 is 17.9 Å². The van der Waals surface area contributed by atoms with Crippen molar-refractivity contribution in [2.75, 3.05) is 20.2 Å². The van der Waals surface area contributed by atoms with Crippen molar-refractivity contribution in [3.05, 3.63) is 23.2 Å². The number of hydrogen-bond donors (Lipinski definition) is 1. The summed E-state index contributed by atoms with van der Waals surface area (Å²) < 4.78 is 34.0. The van der Waals surface area contributed by atoms with E-state index < -0.39 is 10.0 Å². The summed E-state index contributed by atoms with van der Waals surface area (Å²) in [6.45, 7) is 0.816. The third-order valence-electron chi connectivity index (χ3n) is 9.62. The third-order valence-corrected chi connectivity index (χ3v) is 11.8. The number of amides is 1. The lowest BCUT2D eigenvalue weighted by Gasteiger charge is -2.73. The van der Waals surface area contributed by atoms with Crippen LogP contribution in [0.3, 0.4) is 0 Å². The molecule has 1 aromatic carbocycles. The van der Waals surface area contributed by atoms with Gasteiger partial charge in [-0.05, 0) is 86.3 Å². The van der Waals surface area contributed by atoms with Gasteiger partial charge in [0.05, 0.1) is 12.5 Å². The number of ether oxygens (including phenoxy) is 1. The molecule has 32 heavy (non-hydrogen) atoms. The molecule has 4 aliphatic carbocycles. The Morgan fingerprint density at radius 1 is 1.22 bits per heavy atom. The molecule has 1 saturated heterocycles. The van der Waals surface area contributed by atoms with E-state index in [4.69, 9.17) is 16.3 Å². The molecular formula is C24H31ClN2O4S. The number of nitrogens with one attached hydrogen (secondary N) is 1. The summed E-state index contributed by atoms with van der Waals surface area (Å²) in [6.07, 6.45) is 8.48. The molecule has 1 amide bonds. The number of methoxy groups -OCH3 is 1. The van der Waals surface area contributed by atoms with Gasteiger partial charge < -0.3 is 10.1 Å². The van der Waals surface area contributed by atoms with E-state index in [9.17, 15) is 13.2 Å². The van der Waals surface area contributed by atoms with Gasteiger partial charge in [0.15, 0.2) is 0 Å². The van der Waals surface area contributed by atoms with Crippen LogP contribution in [-0.2, 0) is 14.8 Å². The maximum Gasteiger partial charge on any atom is 0.247 e. The van der Waals surface area contributed by atoms with E-state index >= 15 is 0 Å². The average Bonchev–Trinajstić information content (AvgIpc) is 3.30. The lowest BCUT2D eigenvalue weighted by molar-refractivity contribution is -0.249. The fraction of sp³-hybridized carbons (Fsp3) is 0.708. The molecule has 1 aliphatic heterocycles. The molecule has 8 heteroatoms. The first kappa shape index (κ1) is 21.2. The van der Waals surface area contributed by atoms with Crippen LogP contribution in [0.1, 0.15) is 51.4 Å². The first-order valence-corrected chi connectivity index (χ1v) is 13.8. The molecule has 5 fully saturated rings. The lowest BCUT2D eigenvalue weighted by atomic mass is 9.30. The highest BCUT2D eigenvalue weighted by molar-refractivity contribution is 7.89. The molecule has 6 nitrogen and oxygen atoms in total. The van der Waals surface area contributed by atoms with Crippen LogP contribution in [0, 0.1) is 28.6 Å². The Morgan fingerprint density at radius 2 is 1.97 bits per heavy atom. The van der Waals surface area contributed by atoms with E-state index in [1.54, 1.807) is 16.4 Å². The Morgan fingerprint density at radius 3 is 2.66 bits per heavy atom. The van der Waals surface area contributed by atoms with E-state index in [-0.39, 0.29) is 27.7 Å². The number of nitrogens with zero attached hydrogens (tertiary/aromatic N) is 1. The molecule has 6 rings (SSSR count). The smallest absolute Gasteiger partial charge is 0.247 e. The van der Waals surface area contributed by atoms with Gasteiger partial charge in [-0.1, -0.05) is 18.0 Å². The van der Waals surface area contributed by atoms with Crippen LogP contribution < -0.4 is 10.1 Å². The Kier molecular flexibility index (Phi) is 4.71. The summed E-state index contributed by atoms with van der Waals surface area (Å²) in [5.41, 5.74) is 0.121. The summed E-state index contributed by atoms with van der Waals surface area (Å²) in [5, 5.41) is 3.57. The second-order valence-corrected chi connectivity index (χ2v) is 13.0. The third kappa shape index (κ3) is 2.62. The fourth-order valence-corrected chi connectivity index (χ4v) is 10.5. The van der Waals surface area contributed by atoms with Gasteiger partial charge in [0.2, 0.25) is 15.9 Å². The Hall–Kier alpha value is -1.31. The van der Waals surface area contributed by atoms with Gasteiger partial charge in [-0.3, -0.25) is 4.79 Å². The van der Waals surface area contributed by atoms with Crippen LogP contribution in [0.2, 0.25) is 5.02 Å². The maximum atomic E-state index is 13.6. The zero-order chi connectivity index (χ0) is 22.3. The number of fused-ring (bicyclic) bond motifs is 1. The molecule has 1 aromatic rings. The van der Waals surface area contributed by atoms with Crippen molar-refractivity contribution in [3.8, 4) is 5.75 Å². The number of hydrogen-bond acceptors (Lipinski definition) is 4. The van der Waals surface area contributed by atoms with Gasteiger partial charge in [-0.15, -0.1) is 0 Å². The first-order chi connectivity index (χ1) is 15.3. The van der Waals surface area contributed by atoms with Crippen LogP contribution in [0.25, 0.3) is 0 Å². The van der Waals surface area contributed by atoms with E-state index in [1.165, 1.54) is 32.4 Å². The van der Waals surface area contributed by atoms with Crippen molar-refractivity contribution in [1.29, 1.82) is 0 Å². The largest absolute Gasteiger partial charge is 0.495 e. The number of rotatable bonds is 6. The number of carbonyl (C=O) groups excluding carboxylic acids is 1. The fourth-order valence-electron chi connectivity index (χ4n) is 8.43. The summed E-state index contributed by atoms with van der Waals surface area (Å²) in [7, 11) is -2.33. The van der Waals surface area contributed by atoms with Gasteiger partial charge >= 0.3 is 0 Å². The van der Waals surface area contributed by atoms with Crippen LogP contribution in [0.5, 0.6) is 5.75 Å². The molecule has 5 aliphatic rings. The second kappa shape index (κ2) is 7.09. The molecule has 6 atom stereocenters. The highest BCUT2D eigenvalue weighted by atomic mass is 35.5. The van der Waals surface area contributed by atoms with E-state index in [1.807, 2.05) is 0 Å². The average molecular weight is 479 g/mol. The van der Waals surface area contributed by atoms with Gasteiger partial charge in [-0.2, -0.15) is 4.31 Å². The maximum absolute atomic E-state index is 13.6. The highest BCUT2D eigenvalue weighted by Crippen LogP contribution is 2.86. The molecule has 4 saturated carbocycles. The monoisotopic (exact) mass is 478 g/mol. The lowest BCUT2D eigenvalue weighted by Crippen LogP contribution is -2.73. The van der Waals surface area contributed by atoms with E-state index in [2.05, 4.69) is 5.32 Å². The van der Waals surface area contributed by atoms with Crippen molar-refractivity contribution in [1.82, 2.24) is 9.62 Å². The molecule has 1 heterocycles. The highest BCUT2D eigenvalue weighted by Gasteiger charge is 2.83. The standard InChI is InChI=1S/C24H31ClN2O4S/c1-31-20-6-5-18(25)10-21(20)32(29,30)27-7-3-2-4-19(27)14-26-22(28)23-12-16-8-15-9-17(13-23)24(16,23)11-15/h5-6,10,15-17,19H,2-4,7-9,11-14H2,1H3,(H,26,28)/t15?,16-,17+,19?,23?,24?. The Balaban J connectivity index is 1.20. The minimum absolute atomic E-state index is 0.0924. The molecule has 1 spiro atoms. The molecule has 4 unspecified atom stereocenters. The number of piperidine rings is 1. The van der Waals surface area contributed by atoms with Gasteiger partial charge in [0.25, 0.3) is 0 Å². The summed E-state index contributed by atoms with van der Waals surface area (Å²) in [6, 6.07) is 4.42. The summed E-state index contributed by atoms with van der Waals surface area (Å²) in [5.74, 6) is 2.82. The van der Waals surface area contributed by atoms with Crippen LogP contribution in [-0.4, -0.2) is 44.9 Å². The van der Waals surface area contributed by atoms with E-state index in [0.717, 1.165) is 49.9 Å². The predicted octanol–water partition coefficient (Wildman–Crippen LogP) is 3.83. The van der Waals surface area contributed by atoms with Crippen LogP contribution in [0.4, 0.5) is 0 Å².